The van der Waals surface area contributed by atoms with Crippen molar-refractivity contribution >= 4 is 40.5 Å². The molecule has 66 valence electrons. The number of rotatable bonds is 1. The lowest BCUT2D eigenvalue weighted by atomic mass is 10.3. The molecule has 0 spiro atoms. The van der Waals surface area contributed by atoms with Crippen molar-refractivity contribution in [2.24, 2.45) is 0 Å². The van der Waals surface area contributed by atoms with Crippen LogP contribution in [0.25, 0.3) is 11.0 Å². The van der Waals surface area contributed by atoms with Crippen LogP contribution >= 0.6 is 23.2 Å². The molecule has 0 radical (unpaired) electrons. The predicted molar refractivity (Wildman–Crippen MR) is 49.3 cm³/mol. The van der Waals surface area contributed by atoms with Gasteiger partial charge in [0.25, 0.3) is 0 Å². The minimum Gasteiger partial charge on any atom is -0.345 e. The van der Waals surface area contributed by atoms with Gasteiger partial charge in [0.15, 0.2) is 6.29 Å². The van der Waals surface area contributed by atoms with Crippen LogP contribution in [0, 0.1) is 0 Å². The van der Waals surface area contributed by atoms with Crippen molar-refractivity contribution in [3.8, 4) is 0 Å². The molecule has 0 saturated heterocycles. The molecule has 1 N–H and O–H groups in total. The van der Waals surface area contributed by atoms with Crippen LogP contribution in [0.4, 0.5) is 0 Å². The smallest absolute Gasteiger partial charge is 0.225 e. The van der Waals surface area contributed by atoms with E-state index in [9.17, 15) is 4.79 Å². The average molecular weight is 216 g/mol. The Bertz CT molecular complexity index is 480. The van der Waals surface area contributed by atoms with E-state index in [2.05, 4.69) is 15.0 Å². The fourth-order valence-electron chi connectivity index (χ4n) is 1.08. The lowest BCUT2D eigenvalue weighted by molar-refractivity contribution is 0.112. The number of nitrogens with one attached hydrogen (secondary N) is 1. The zero-order valence-electron chi connectivity index (χ0n) is 6.21. The van der Waals surface area contributed by atoms with E-state index in [1.165, 1.54) is 6.20 Å². The lowest BCUT2D eigenvalue weighted by Crippen LogP contribution is -1.86. The van der Waals surface area contributed by atoms with Crippen molar-refractivity contribution in [1.29, 1.82) is 0 Å². The van der Waals surface area contributed by atoms with Crippen LogP contribution in [-0.4, -0.2) is 21.2 Å². The molecule has 0 unspecified atom stereocenters. The summed E-state index contributed by atoms with van der Waals surface area (Å²) in [5.41, 5.74) is 0.892. The standard InChI is InChI=1S/C7H3Cl2N3O/c8-5-4-3(2-13)1-10-6(4)12-7(9)11-5/h1-2H,(H,10,11,12). The Morgan fingerprint density at radius 3 is 2.85 bits per heavy atom. The number of aromatic nitrogens is 3. The molecule has 0 aliphatic carbocycles. The van der Waals surface area contributed by atoms with Crippen molar-refractivity contribution in [3.05, 3.63) is 22.2 Å². The van der Waals surface area contributed by atoms with Gasteiger partial charge >= 0.3 is 0 Å². The number of hydrogen-bond donors (Lipinski definition) is 1. The van der Waals surface area contributed by atoms with E-state index in [1.807, 2.05) is 0 Å². The molecule has 4 nitrogen and oxygen atoms in total. The molecule has 0 saturated carbocycles. The first-order valence-corrected chi connectivity index (χ1v) is 4.13. The average Bonchev–Trinajstić information content (AvgIpc) is 2.47. The first-order chi connectivity index (χ1) is 6.22. The highest BCUT2D eigenvalue weighted by atomic mass is 35.5. The minimum absolute atomic E-state index is 0.0526. The molecule has 2 aromatic heterocycles. The summed E-state index contributed by atoms with van der Waals surface area (Å²) in [6.45, 7) is 0. The molecule has 0 aliphatic rings. The quantitative estimate of drug-likeness (QED) is 0.451. The van der Waals surface area contributed by atoms with Gasteiger partial charge in [-0.15, -0.1) is 0 Å². The summed E-state index contributed by atoms with van der Waals surface area (Å²) in [6.07, 6.45) is 2.19. The molecule has 0 fully saturated rings. The maximum Gasteiger partial charge on any atom is 0.225 e. The van der Waals surface area contributed by atoms with Gasteiger partial charge in [0.05, 0.1) is 5.39 Å². The van der Waals surface area contributed by atoms with Gasteiger partial charge in [-0.1, -0.05) is 11.6 Å². The second-order valence-electron chi connectivity index (χ2n) is 2.37. The number of aromatic amines is 1. The normalized spacial score (nSPS) is 10.6. The minimum atomic E-state index is 0.0526. The Hall–Kier alpha value is -1.13. The molecule has 2 heterocycles. The molecule has 2 rings (SSSR count). The fourth-order valence-corrected chi connectivity index (χ4v) is 1.57. The summed E-state index contributed by atoms with van der Waals surface area (Å²) in [7, 11) is 0. The third kappa shape index (κ3) is 1.28. The van der Waals surface area contributed by atoms with Crippen LogP contribution in [0.3, 0.4) is 0 Å². The molecule has 0 amide bonds. The van der Waals surface area contributed by atoms with E-state index in [-0.39, 0.29) is 10.4 Å². The molecule has 0 aromatic carbocycles. The van der Waals surface area contributed by atoms with Crippen molar-refractivity contribution in [1.82, 2.24) is 15.0 Å². The van der Waals surface area contributed by atoms with E-state index in [4.69, 9.17) is 23.2 Å². The molecule has 0 bridgehead atoms. The van der Waals surface area contributed by atoms with Gasteiger partial charge in [0.2, 0.25) is 5.28 Å². The second-order valence-corrected chi connectivity index (χ2v) is 3.06. The molecular formula is C7H3Cl2N3O. The van der Waals surface area contributed by atoms with Crippen LogP contribution in [0.15, 0.2) is 6.20 Å². The molecule has 13 heavy (non-hydrogen) atoms. The lowest BCUT2D eigenvalue weighted by Gasteiger charge is -1.93. The van der Waals surface area contributed by atoms with Crippen LogP contribution in [-0.2, 0) is 0 Å². The largest absolute Gasteiger partial charge is 0.345 e. The van der Waals surface area contributed by atoms with Crippen molar-refractivity contribution in [2.75, 3.05) is 0 Å². The van der Waals surface area contributed by atoms with Gasteiger partial charge in [-0.25, -0.2) is 4.98 Å². The first kappa shape index (κ1) is 8.47. The number of aldehydes is 1. The van der Waals surface area contributed by atoms with Gasteiger partial charge < -0.3 is 4.98 Å². The zero-order valence-corrected chi connectivity index (χ0v) is 7.73. The van der Waals surface area contributed by atoms with E-state index in [1.54, 1.807) is 0 Å². The Morgan fingerprint density at radius 1 is 1.38 bits per heavy atom. The summed E-state index contributed by atoms with van der Waals surface area (Å²) >= 11 is 11.3. The highest BCUT2D eigenvalue weighted by molar-refractivity contribution is 6.36. The van der Waals surface area contributed by atoms with E-state index < -0.39 is 0 Å². The Kier molecular flexibility index (Phi) is 1.94. The van der Waals surface area contributed by atoms with Gasteiger partial charge in [0.1, 0.15) is 10.8 Å². The third-order valence-electron chi connectivity index (χ3n) is 1.62. The highest BCUT2D eigenvalue weighted by Gasteiger charge is 2.10. The number of carbonyl (C=O) groups excluding carboxylic acids is 1. The fraction of sp³-hybridized carbons (Fsp3) is 0. The predicted octanol–water partition coefficient (Wildman–Crippen LogP) is 2.08. The monoisotopic (exact) mass is 215 g/mol. The second kappa shape index (κ2) is 2.97. The van der Waals surface area contributed by atoms with Crippen molar-refractivity contribution in [3.63, 3.8) is 0 Å². The first-order valence-electron chi connectivity index (χ1n) is 3.37. The van der Waals surface area contributed by atoms with Gasteiger partial charge in [-0.2, -0.15) is 4.98 Å². The number of nitrogens with zero attached hydrogens (tertiary/aromatic N) is 2. The van der Waals surface area contributed by atoms with Crippen molar-refractivity contribution < 1.29 is 4.79 Å². The SMILES string of the molecule is O=Cc1c[nH]c2nc(Cl)nc(Cl)c12. The maximum absolute atomic E-state index is 10.6. The van der Waals surface area contributed by atoms with Crippen LogP contribution in [0.5, 0.6) is 0 Å². The molecule has 0 atom stereocenters. The van der Waals surface area contributed by atoms with Gasteiger partial charge in [0, 0.05) is 11.8 Å². The number of carbonyl (C=O) groups is 1. The number of halogens is 2. The number of fused-ring (bicyclic) bond motifs is 1. The summed E-state index contributed by atoms with van der Waals surface area (Å²) in [6, 6.07) is 0. The molecular weight excluding hydrogens is 213 g/mol. The third-order valence-corrected chi connectivity index (χ3v) is 2.06. The van der Waals surface area contributed by atoms with Gasteiger partial charge in [-0.05, 0) is 11.6 Å². The summed E-state index contributed by atoms with van der Waals surface area (Å²) < 4.78 is 0. The molecule has 2 aromatic rings. The van der Waals surface area contributed by atoms with Crippen molar-refractivity contribution in [2.45, 2.75) is 0 Å². The Labute approximate surface area is 82.9 Å². The van der Waals surface area contributed by atoms with Crippen LogP contribution in [0.2, 0.25) is 10.4 Å². The van der Waals surface area contributed by atoms with Crippen LogP contribution < -0.4 is 0 Å². The Balaban J connectivity index is 2.89. The molecule has 0 aliphatic heterocycles. The summed E-state index contributed by atoms with van der Waals surface area (Å²) in [5, 5.41) is 0.733. The van der Waals surface area contributed by atoms with Gasteiger partial charge in [-0.3, -0.25) is 4.79 Å². The Morgan fingerprint density at radius 2 is 2.15 bits per heavy atom. The molecule has 6 heteroatoms. The topological polar surface area (TPSA) is 58.6 Å². The number of hydrogen-bond acceptors (Lipinski definition) is 3. The van der Waals surface area contributed by atoms with E-state index in [0.29, 0.717) is 22.9 Å². The maximum atomic E-state index is 10.6. The van der Waals surface area contributed by atoms with E-state index in [0.717, 1.165) is 0 Å². The summed E-state index contributed by atoms with van der Waals surface area (Å²) in [4.78, 5) is 20.9. The summed E-state index contributed by atoms with van der Waals surface area (Å²) in [5.74, 6) is 0. The zero-order chi connectivity index (χ0) is 9.42. The highest BCUT2D eigenvalue weighted by Crippen LogP contribution is 2.23. The van der Waals surface area contributed by atoms with E-state index >= 15 is 0 Å². The van der Waals surface area contributed by atoms with Crippen LogP contribution in [0.1, 0.15) is 10.4 Å². The number of H-pyrrole nitrogens is 1.